The molecule has 0 aromatic carbocycles. The maximum atomic E-state index is 11.8. The summed E-state index contributed by atoms with van der Waals surface area (Å²) < 4.78 is 0. The first-order valence-electron chi connectivity index (χ1n) is 13.7. The van der Waals surface area contributed by atoms with Crippen molar-refractivity contribution in [1.82, 2.24) is 10.6 Å². The lowest BCUT2D eigenvalue weighted by Gasteiger charge is -2.05. The van der Waals surface area contributed by atoms with E-state index in [9.17, 15) is 9.59 Å². The fourth-order valence-corrected chi connectivity index (χ4v) is 3.02. The third-order valence-electron chi connectivity index (χ3n) is 4.93. The molecule has 0 atom stereocenters. The molecule has 0 radical (unpaired) electrons. The van der Waals surface area contributed by atoms with Gasteiger partial charge in [-0.05, 0) is 77.2 Å². The molecule has 0 aliphatic carbocycles. The van der Waals surface area contributed by atoms with Gasteiger partial charge in [0.2, 0.25) is 11.8 Å². The van der Waals surface area contributed by atoms with Crippen LogP contribution >= 0.6 is 0 Å². The molecular weight excluding hydrogens is 476 g/mol. The summed E-state index contributed by atoms with van der Waals surface area (Å²) >= 11 is 0. The quantitative estimate of drug-likeness (QED) is 0.0974. The largest absolute Gasteiger partial charge is 0.373 e. The standard InChI is InChI=1S/C31H48N2O2.CO2/c1-3-5-6-7-8-9-10-11-12-13-14-15-16-17-18-19-20-21-23-27-31(35)33-29-25-22-24-28-32-30(34)26-4-2;2-1-3/h4-6,8-9,11-12,14-15,17-18,20-21,26H,3,7,10,13,16,19,22-25,27-29H2,1-2H3,(H,32,34)(H,33,35);/b6-5-,9-8-,12-11-,15-14-,18-17-,21-20-,26-4+;. The molecule has 0 saturated carbocycles. The molecule has 0 heterocycles. The maximum Gasteiger partial charge on any atom is 0.373 e. The number of hydrogen-bond donors (Lipinski definition) is 2. The molecule has 2 N–H and O–H groups in total. The summed E-state index contributed by atoms with van der Waals surface area (Å²) in [5, 5.41) is 5.78. The van der Waals surface area contributed by atoms with Crippen molar-refractivity contribution in [3.05, 3.63) is 85.1 Å². The van der Waals surface area contributed by atoms with Crippen molar-refractivity contribution in [1.29, 1.82) is 0 Å². The molecule has 6 nitrogen and oxygen atoms in total. The van der Waals surface area contributed by atoms with E-state index in [1.54, 1.807) is 6.08 Å². The first-order valence-corrected chi connectivity index (χ1v) is 13.7. The van der Waals surface area contributed by atoms with Crippen LogP contribution in [0.4, 0.5) is 0 Å². The highest BCUT2D eigenvalue weighted by molar-refractivity contribution is 5.87. The highest BCUT2D eigenvalue weighted by Gasteiger charge is 1.99. The Morgan fingerprint density at radius 2 is 1.05 bits per heavy atom. The second kappa shape index (κ2) is 33.5. The van der Waals surface area contributed by atoms with Crippen molar-refractivity contribution >= 4 is 18.0 Å². The predicted octanol–water partition coefficient (Wildman–Crippen LogP) is 6.86. The molecule has 0 bridgehead atoms. The second-order valence-electron chi connectivity index (χ2n) is 8.24. The third-order valence-corrected chi connectivity index (χ3v) is 4.93. The number of unbranched alkanes of at least 4 members (excludes halogenated alkanes) is 2. The zero-order chi connectivity index (χ0) is 28.4. The van der Waals surface area contributed by atoms with Crippen LogP contribution in [0.3, 0.4) is 0 Å². The predicted molar refractivity (Wildman–Crippen MR) is 157 cm³/mol. The number of hydrogen-bond acceptors (Lipinski definition) is 4. The van der Waals surface area contributed by atoms with Gasteiger partial charge in [0.15, 0.2) is 0 Å². The van der Waals surface area contributed by atoms with Crippen molar-refractivity contribution in [2.75, 3.05) is 13.1 Å². The minimum absolute atomic E-state index is 0.0461. The Morgan fingerprint density at radius 3 is 1.50 bits per heavy atom. The Labute approximate surface area is 230 Å². The Bertz CT molecular complexity index is 811. The molecule has 2 amide bonds. The van der Waals surface area contributed by atoms with Gasteiger partial charge in [-0.3, -0.25) is 9.59 Å². The lowest BCUT2D eigenvalue weighted by molar-refractivity contribution is -0.191. The van der Waals surface area contributed by atoms with E-state index in [0.717, 1.165) is 64.2 Å². The SMILES string of the molecule is C/C=C/C(=O)NCCCCCNC(=O)CC/C=C\C/C=C\C/C=C\C/C=C\C/C=C\C/C=C\CC.O=C=O. The summed E-state index contributed by atoms with van der Waals surface area (Å²) in [5.41, 5.74) is 0. The minimum atomic E-state index is -0.0461. The first-order chi connectivity index (χ1) is 18.6. The minimum Gasteiger partial charge on any atom is -0.356 e. The van der Waals surface area contributed by atoms with E-state index in [1.165, 1.54) is 6.08 Å². The highest BCUT2D eigenvalue weighted by atomic mass is 16.2. The number of allylic oxidation sites excluding steroid dienone is 13. The molecule has 0 spiro atoms. The van der Waals surface area contributed by atoms with Gasteiger partial charge in [0.05, 0.1) is 0 Å². The van der Waals surface area contributed by atoms with Gasteiger partial charge in [-0.1, -0.05) is 85.9 Å². The maximum absolute atomic E-state index is 11.8. The number of rotatable bonds is 21. The van der Waals surface area contributed by atoms with E-state index < -0.39 is 0 Å². The van der Waals surface area contributed by atoms with Gasteiger partial charge >= 0.3 is 6.15 Å². The average Bonchev–Trinajstić information content (AvgIpc) is 2.90. The summed E-state index contributed by atoms with van der Waals surface area (Å²) in [6.07, 6.45) is 39.8. The summed E-state index contributed by atoms with van der Waals surface area (Å²) in [7, 11) is 0. The van der Waals surface area contributed by atoms with Crippen molar-refractivity contribution in [2.24, 2.45) is 0 Å². The van der Waals surface area contributed by atoms with E-state index >= 15 is 0 Å². The summed E-state index contributed by atoms with van der Waals surface area (Å²) in [5.74, 6) is 0.0566. The first kappa shape index (κ1) is 36.7. The van der Waals surface area contributed by atoms with Crippen LogP contribution in [0, 0.1) is 0 Å². The topological polar surface area (TPSA) is 92.3 Å². The van der Waals surface area contributed by atoms with Gasteiger partial charge in [-0.2, -0.15) is 9.59 Å². The van der Waals surface area contributed by atoms with Gasteiger partial charge in [0, 0.05) is 19.5 Å². The molecule has 0 aromatic rings. The molecule has 0 saturated heterocycles. The van der Waals surface area contributed by atoms with Crippen molar-refractivity contribution in [3.63, 3.8) is 0 Å². The van der Waals surface area contributed by atoms with Crippen LogP contribution in [0.1, 0.15) is 84.5 Å². The van der Waals surface area contributed by atoms with Crippen LogP contribution in [-0.2, 0) is 19.2 Å². The van der Waals surface area contributed by atoms with E-state index in [4.69, 9.17) is 9.59 Å². The van der Waals surface area contributed by atoms with Crippen molar-refractivity contribution in [3.8, 4) is 0 Å². The number of amides is 2. The van der Waals surface area contributed by atoms with Crippen LogP contribution in [-0.4, -0.2) is 31.1 Å². The van der Waals surface area contributed by atoms with Crippen LogP contribution in [0.25, 0.3) is 0 Å². The molecular formula is C32H48N2O4. The lowest BCUT2D eigenvalue weighted by atomic mass is 10.2. The molecule has 0 aliphatic rings. The normalized spacial score (nSPS) is 11.8. The molecule has 0 aromatic heterocycles. The van der Waals surface area contributed by atoms with Crippen LogP contribution in [0.5, 0.6) is 0 Å². The molecule has 0 fully saturated rings. The second-order valence-corrected chi connectivity index (χ2v) is 8.24. The van der Waals surface area contributed by atoms with E-state index in [-0.39, 0.29) is 18.0 Å². The Hall–Kier alpha value is -3.50. The molecule has 0 aliphatic heterocycles. The number of nitrogens with one attached hydrogen (secondary N) is 2. The zero-order valence-corrected chi connectivity index (χ0v) is 23.4. The molecule has 0 unspecified atom stereocenters. The lowest BCUT2D eigenvalue weighted by Crippen LogP contribution is -2.24. The number of carbonyl (C=O) groups excluding carboxylic acids is 4. The molecule has 210 valence electrons. The van der Waals surface area contributed by atoms with E-state index in [1.807, 2.05) is 6.92 Å². The summed E-state index contributed by atoms with van der Waals surface area (Å²) in [6.45, 7) is 5.36. The Morgan fingerprint density at radius 1 is 0.632 bits per heavy atom. The average molecular weight is 525 g/mol. The van der Waals surface area contributed by atoms with Gasteiger partial charge in [0.25, 0.3) is 0 Å². The third kappa shape index (κ3) is 34.7. The van der Waals surface area contributed by atoms with Gasteiger partial charge in [-0.25, -0.2) is 0 Å². The molecule has 6 heteroatoms. The molecule has 0 rings (SSSR count). The van der Waals surface area contributed by atoms with Gasteiger partial charge in [0.1, 0.15) is 0 Å². The number of carbonyl (C=O) groups is 2. The Kier molecular flexibility index (Phi) is 32.3. The summed E-state index contributed by atoms with van der Waals surface area (Å²) in [6, 6.07) is 0. The van der Waals surface area contributed by atoms with Gasteiger partial charge in [-0.15, -0.1) is 0 Å². The van der Waals surface area contributed by atoms with Crippen molar-refractivity contribution < 1.29 is 19.2 Å². The van der Waals surface area contributed by atoms with Crippen LogP contribution in [0.2, 0.25) is 0 Å². The molecule has 38 heavy (non-hydrogen) atoms. The van der Waals surface area contributed by atoms with Crippen molar-refractivity contribution in [2.45, 2.75) is 84.5 Å². The summed E-state index contributed by atoms with van der Waals surface area (Å²) in [4.78, 5) is 39.3. The fraction of sp³-hybridized carbons (Fsp3) is 0.469. The fourth-order valence-electron chi connectivity index (χ4n) is 3.02. The van der Waals surface area contributed by atoms with E-state index in [2.05, 4.69) is 90.5 Å². The van der Waals surface area contributed by atoms with E-state index in [0.29, 0.717) is 19.5 Å². The monoisotopic (exact) mass is 524 g/mol. The Balaban J connectivity index is 0. The van der Waals surface area contributed by atoms with Crippen LogP contribution in [0.15, 0.2) is 85.1 Å². The zero-order valence-electron chi connectivity index (χ0n) is 23.4. The highest BCUT2D eigenvalue weighted by Crippen LogP contribution is 1.98. The smallest absolute Gasteiger partial charge is 0.356 e. The van der Waals surface area contributed by atoms with Crippen LogP contribution < -0.4 is 10.6 Å². The van der Waals surface area contributed by atoms with Gasteiger partial charge < -0.3 is 10.6 Å².